The SMILES string of the molecule is CN(C)c1c(Cl)cc(/C(Cl)=N/O)cc1Cl. The minimum Gasteiger partial charge on any atom is -0.410 e. The molecule has 0 amide bonds. The van der Waals surface area contributed by atoms with Gasteiger partial charge in [-0.1, -0.05) is 40.0 Å². The molecular formula is C9H9Cl3N2O. The number of hydrogen-bond donors (Lipinski definition) is 1. The van der Waals surface area contributed by atoms with Crippen molar-refractivity contribution in [1.82, 2.24) is 0 Å². The standard InChI is InChI=1S/C9H9Cl3N2O/c1-14(2)8-6(10)3-5(4-7(8)11)9(12)13-15/h3-4,15H,1-2H3/b13-9-. The molecule has 15 heavy (non-hydrogen) atoms. The first kappa shape index (κ1) is 12.4. The Morgan fingerprint density at radius 1 is 1.27 bits per heavy atom. The molecule has 3 nitrogen and oxygen atoms in total. The maximum absolute atomic E-state index is 8.51. The van der Waals surface area contributed by atoms with Gasteiger partial charge in [-0.15, -0.1) is 0 Å². The number of hydrogen-bond acceptors (Lipinski definition) is 3. The van der Waals surface area contributed by atoms with E-state index in [0.717, 1.165) is 0 Å². The zero-order chi connectivity index (χ0) is 11.6. The first-order chi connectivity index (χ1) is 6.97. The first-order valence-corrected chi connectivity index (χ1v) is 5.15. The van der Waals surface area contributed by atoms with E-state index in [-0.39, 0.29) is 5.17 Å². The fourth-order valence-corrected chi connectivity index (χ4v) is 2.10. The Morgan fingerprint density at radius 2 is 1.73 bits per heavy atom. The fourth-order valence-electron chi connectivity index (χ4n) is 1.17. The summed E-state index contributed by atoms with van der Waals surface area (Å²) < 4.78 is 0. The lowest BCUT2D eigenvalue weighted by Gasteiger charge is -2.16. The van der Waals surface area contributed by atoms with Crippen LogP contribution in [0.5, 0.6) is 0 Å². The summed E-state index contributed by atoms with van der Waals surface area (Å²) in [6.07, 6.45) is 0. The summed E-state index contributed by atoms with van der Waals surface area (Å²) in [4.78, 5) is 1.79. The summed E-state index contributed by atoms with van der Waals surface area (Å²) in [6, 6.07) is 3.18. The highest BCUT2D eigenvalue weighted by molar-refractivity contribution is 6.69. The van der Waals surface area contributed by atoms with Crippen LogP contribution < -0.4 is 4.90 Å². The van der Waals surface area contributed by atoms with E-state index in [0.29, 0.717) is 21.3 Å². The van der Waals surface area contributed by atoms with Crippen LogP contribution in [0.15, 0.2) is 17.3 Å². The van der Waals surface area contributed by atoms with E-state index in [9.17, 15) is 0 Å². The molecule has 0 heterocycles. The van der Waals surface area contributed by atoms with Gasteiger partial charge in [0.1, 0.15) is 0 Å². The molecule has 6 heteroatoms. The van der Waals surface area contributed by atoms with Gasteiger partial charge < -0.3 is 10.1 Å². The summed E-state index contributed by atoms with van der Waals surface area (Å²) in [7, 11) is 3.66. The van der Waals surface area contributed by atoms with Crippen LogP contribution in [0, 0.1) is 0 Å². The molecule has 1 aromatic carbocycles. The summed E-state index contributed by atoms with van der Waals surface area (Å²) in [5.74, 6) is 0. The van der Waals surface area contributed by atoms with Crippen molar-refractivity contribution < 1.29 is 5.21 Å². The summed E-state index contributed by atoms with van der Waals surface area (Å²) in [5.41, 5.74) is 1.17. The third kappa shape index (κ3) is 2.68. The fraction of sp³-hybridized carbons (Fsp3) is 0.222. The van der Waals surface area contributed by atoms with Gasteiger partial charge in [0.25, 0.3) is 0 Å². The molecule has 1 aromatic rings. The molecule has 0 atom stereocenters. The van der Waals surface area contributed by atoms with Crippen LogP contribution in [-0.2, 0) is 0 Å². The maximum atomic E-state index is 8.51. The largest absolute Gasteiger partial charge is 0.410 e. The van der Waals surface area contributed by atoms with E-state index in [4.69, 9.17) is 40.0 Å². The topological polar surface area (TPSA) is 35.8 Å². The molecule has 0 saturated carbocycles. The highest BCUT2D eigenvalue weighted by atomic mass is 35.5. The number of oxime groups is 1. The van der Waals surface area contributed by atoms with Crippen LogP contribution in [0.25, 0.3) is 0 Å². The van der Waals surface area contributed by atoms with Crippen molar-refractivity contribution in [3.63, 3.8) is 0 Å². The monoisotopic (exact) mass is 266 g/mol. The smallest absolute Gasteiger partial charge is 0.175 e. The molecular weight excluding hydrogens is 258 g/mol. The Labute approximate surface area is 103 Å². The van der Waals surface area contributed by atoms with Gasteiger partial charge in [-0.25, -0.2) is 0 Å². The lowest BCUT2D eigenvalue weighted by Crippen LogP contribution is -2.10. The van der Waals surface area contributed by atoms with E-state index in [2.05, 4.69) is 5.16 Å². The van der Waals surface area contributed by atoms with Gasteiger partial charge in [0.05, 0.1) is 15.7 Å². The van der Waals surface area contributed by atoms with Crippen LogP contribution in [-0.4, -0.2) is 24.5 Å². The number of rotatable bonds is 2. The van der Waals surface area contributed by atoms with Gasteiger partial charge in [-0.2, -0.15) is 0 Å². The average molecular weight is 268 g/mol. The third-order valence-corrected chi connectivity index (χ3v) is 2.66. The van der Waals surface area contributed by atoms with Crippen molar-refractivity contribution in [3.8, 4) is 0 Å². The highest BCUT2D eigenvalue weighted by Crippen LogP contribution is 2.34. The van der Waals surface area contributed by atoms with Crippen molar-refractivity contribution in [2.75, 3.05) is 19.0 Å². The summed E-state index contributed by atoms with van der Waals surface area (Å²) >= 11 is 17.7. The van der Waals surface area contributed by atoms with E-state index >= 15 is 0 Å². The molecule has 0 unspecified atom stereocenters. The Balaban J connectivity index is 3.32. The second-order valence-corrected chi connectivity index (χ2v) is 4.25. The van der Waals surface area contributed by atoms with Crippen molar-refractivity contribution in [3.05, 3.63) is 27.7 Å². The quantitative estimate of drug-likeness (QED) is 0.506. The molecule has 0 bridgehead atoms. The zero-order valence-corrected chi connectivity index (χ0v) is 10.4. The van der Waals surface area contributed by atoms with E-state index in [1.165, 1.54) is 0 Å². The second kappa shape index (κ2) is 4.92. The Kier molecular flexibility index (Phi) is 4.08. The second-order valence-electron chi connectivity index (χ2n) is 3.07. The summed E-state index contributed by atoms with van der Waals surface area (Å²) in [5, 5.41) is 12.2. The molecule has 1 N–H and O–H groups in total. The maximum Gasteiger partial charge on any atom is 0.175 e. The van der Waals surface area contributed by atoms with Gasteiger partial charge in [-0.05, 0) is 12.1 Å². The third-order valence-electron chi connectivity index (χ3n) is 1.79. The van der Waals surface area contributed by atoms with E-state index < -0.39 is 0 Å². The number of benzene rings is 1. The number of anilines is 1. The molecule has 0 aliphatic rings. The Hall–Kier alpha value is -0.640. The average Bonchev–Trinajstić information content (AvgIpc) is 2.14. The molecule has 1 rings (SSSR count). The van der Waals surface area contributed by atoms with Crippen molar-refractivity contribution in [2.45, 2.75) is 0 Å². The minimum absolute atomic E-state index is 0.0518. The van der Waals surface area contributed by atoms with Gasteiger partial charge in [-0.3, -0.25) is 0 Å². The Bertz CT molecular complexity index is 381. The molecule has 0 radical (unpaired) electrons. The molecule has 0 aromatic heterocycles. The molecule has 0 aliphatic heterocycles. The first-order valence-electron chi connectivity index (χ1n) is 4.01. The number of halogens is 3. The van der Waals surface area contributed by atoms with Crippen LogP contribution in [0.2, 0.25) is 10.0 Å². The van der Waals surface area contributed by atoms with Crippen LogP contribution in [0.4, 0.5) is 5.69 Å². The van der Waals surface area contributed by atoms with Crippen molar-refractivity contribution in [1.29, 1.82) is 0 Å². The van der Waals surface area contributed by atoms with Gasteiger partial charge in [0.15, 0.2) is 5.17 Å². The van der Waals surface area contributed by atoms with Crippen LogP contribution in [0.1, 0.15) is 5.56 Å². The zero-order valence-electron chi connectivity index (χ0n) is 8.13. The van der Waals surface area contributed by atoms with E-state index in [1.807, 2.05) is 14.1 Å². The summed E-state index contributed by atoms with van der Waals surface area (Å²) in [6.45, 7) is 0. The molecule has 0 saturated heterocycles. The predicted octanol–water partition coefficient (Wildman–Crippen LogP) is 3.43. The molecule has 0 spiro atoms. The molecule has 0 aliphatic carbocycles. The highest BCUT2D eigenvalue weighted by Gasteiger charge is 2.12. The lowest BCUT2D eigenvalue weighted by atomic mass is 10.2. The van der Waals surface area contributed by atoms with E-state index in [1.54, 1.807) is 17.0 Å². The van der Waals surface area contributed by atoms with Crippen molar-refractivity contribution >= 4 is 45.7 Å². The van der Waals surface area contributed by atoms with Gasteiger partial charge >= 0.3 is 0 Å². The predicted molar refractivity (Wildman–Crippen MR) is 65.0 cm³/mol. The minimum atomic E-state index is -0.0518. The number of nitrogens with zero attached hydrogens (tertiary/aromatic N) is 2. The molecule has 0 fully saturated rings. The molecule has 82 valence electrons. The Morgan fingerprint density at radius 3 is 2.07 bits per heavy atom. The van der Waals surface area contributed by atoms with Crippen molar-refractivity contribution in [2.24, 2.45) is 5.16 Å². The normalized spacial score (nSPS) is 11.7. The van der Waals surface area contributed by atoms with Crippen LogP contribution >= 0.6 is 34.8 Å². The van der Waals surface area contributed by atoms with Gasteiger partial charge in [0.2, 0.25) is 0 Å². The van der Waals surface area contributed by atoms with Gasteiger partial charge in [0, 0.05) is 19.7 Å². The lowest BCUT2D eigenvalue weighted by molar-refractivity contribution is 0.321. The van der Waals surface area contributed by atoms with Crippen LogP contribution in [0.3, 0.4) is 0 Å².